The highest BCUT2D eigenvalue weighted by Gasteiger charge is 2.24. The molecule has 1 aliphatic heterocycles. The number of pyridine rings is 1. The van der Waals surface area contributed by atoms with Crippen LogP contribution in [0.15, 0.2) is 60.9 Å². The Labute approximate surface area is 130 Å². The number of benzene rings is 1. The van der Waals surface area contributed by atoms with Crippen LogP contribution in [-0.4, -0.2) is 35.5 Å². The Morgan fingerprint density at radius 1 is 1.18 bits per heavy atom. The van der Waals surface area contributed by atoms with E-state index in [0.29, 0.717) is 19.7 Å². The second-order valence-corrected chi connectivity index (χ2v) is 5.17. The highest BCUT2D eigenvalue weighted by atomic mass is 16.5. The number of amides is 1. The van der Waals surface area contributed by atoms with Gasteiger partial charge in [0, 0.05) is 25.0 Å². The topological polar surface area (TPSA) is 42.4 Å². The maximum Gasteiger partial charge on any atom is 0.246 e. The second kappa shape index (κ2) is 7.00. The van der Waals surface area contributed by atoms with Gasteiger partial charge in [-0.3, -0.25) is 9.78 Å². The number of ether oxygens (including phenoxy) is 1. The fourth-order valence-electron chi connectivity index (χ4n) is 2.47. The SMILES string of the molecule is O=C(/C=C/c1ccccc1)N1CCO[C@@H](c2ccncc2)C1. The van der Waals surface area contributed by atoms with Crippen LogP contribution in [0.5, 0.6) is 0 Å². The third-order valence-corrected chi connectivity index (χ3v) is 3.67. The first-order valence-electron chi connectivity index (χ1n) is 7.36. The van der Waals surface area contributed by atoms with Gasteiger partial charge in [-0.1, -0.05) is 30.3 Å². The van der Waals surface area contributed by atoms with Gasteiger partial charge < -0.3 is 9.64 Å². The summed E-state index contributed by atoms with van der Waals surface area (Å²) in [5, 5.41) is 0. The predicted molar refractivity (Wildman–Crippen MR) is 85.0 cm³/mol. The lowest BCUT2D eigenvalue weighted by Crippen LogP contribution is -2.41. The Bertz CT molecular complexity index is 641. The lowest BCUT2D eigenvalue weighted by molar-refractivity contribution is -0.133. The molecule has 1 aromatic heterocycles. The molecule has 1 saturated heterocycles. The van der Waals surface area contributed by atoms with Crippen LogP contribution in [0.1, 0.15) is 17.2 Å². The Hall–Kier alpha value is -2.46. The van der Waals surface area contributed by atoms with E-state index in [0.717, 1.165) is 11.1 Å². The van der Waals surface area contributed by atoms with E-state index in [4.69, 9.17) is 4.74 Å². The van der Waals surface area contributed by atoms with Crippen molar-refractivity contribution >= 4 is 12.0 Å². The molecule has 1 fully saturated rings. The zero-order valence-electron chi connectivity index (χ0n) is 12.3. The van der Waals surface area contributed by atoms with E-state index in [1.165, 1.54) is 0 Å². The Kier molecular flexibility index (Phi) is 4.61. The first kappa shape index (κ1) is 14.5. The van der Waals surface area contributed by atoms with Crippen LogP contribution in [0, 0.1) is 0 Å². The minimum absolute atomic E-state index is 0.0196. The van der Waals surface area contributed by atoms with Gasteiger partial charge in [-0.2, -0.15) is 0 Å². The number of morpholine rings is 1. The largest absolute Gasteiger partial charge is 0.370 e. The third-order valence-electron chi connectivity index (χ3n) is 3.67. The van der Waals surface area contributed by atoms with Crippen LogP contribution in [0.4, 0.5) is 0 Å². The molecule has 2 heterocycles. The minimum Gasteiger partial charge on any atom is -0.370 e. The van der Waals surface area contributed by atoms with E-state index >= 15 is 0 Å². The molecule has 0 aliphatic carbocycles. The lowest BCUT2D eigenvalue weighted by Gasteiger charge is -2.32. The summed E-state index contributed by atoms with van der Waals surface area (Å²) in [5.41, 5.74) is 2.08. The molecule has 0 bridgehead atoms. The van der Waals surface area contributed by atoms with E-state index in [1.807, 2.05) is 53.4 Å². The van der Waals surface area contributed by atoms with Crippen molar-refractivity contribution in [2.45, 2.75) is 6.10 Å². The number of hydrogen-bond donors (Lipinski definition) is 0. The van der Waals surface area contributed by atoms with E-state index in [9.17, 15) is 4.79 Å². The van der Waals surface area contributed by atoms with Gasteiger partial charge >= 0.3 is 0 Å². The molecule has 2 aromatic rings. The number of nitrogens with zero attached hydrogens (tertiary/aromatic N) is 2. The van der Waals surface area contributed by atoms with Gasteiger partial charge in [-0.15, -0.1) is 0 Å². The molecule has 0 unspecified atom stereocenters. The summed E-state index contributed by atoms with van der Waals surface area (Å²) in [6, 6.07) is 13.7. The predicted octanol–water partition coefficient (Wildman–Crippen LogP) is 2.69. The van der Waals surface area contributed by atoms with Crippen LogP contribution in [0.3, 0.4) is 0 Å². The standard InChI is InChI=1S/C18H18N2O2/c21-18(7-6-15-4-2-1-3-5-15)20-12-13-22-17(14-20)16-8-10-19-11-9-16/h1-11,17H,12-14H2/b7-6+/t17-/m1/s1. The van der Waals surface area contributed by atoms with Crippen LogP contribution >= 0.6 is 0 Å². The molecule has 0 radical (unpaired) electrons. The molecule has 1 amide bonds. The Morgan fingerprint density at radius 2 is 1.95 bits per heavy atom. The summed E-state index contributed by atoms with van der Waals surface area (Å²) in [6.45, 7) is 1.75. The molecule has 0 saturated carbocycles. The highest BCUT2D eigenvalue weighted by Crippen LogP contribution is 2.21. The van der Waals surface area contributed by atoms with Gasteiger partial charge in [-0.05, 0) is 29.3 Å². The molecule has 112 valence electrons. The molecular formula is C18H18N2O2. The van der Waals surface area contributed by atoms with Crippen molar-refractivity contribution in [1.29, 1.82) is 0 Å². The number of hydrogen-bond acceptors (Lipinski definition) is 3. The molecular weight excluding hydrogens is 276 g/mol. The maximum atomic E-state index is 12.3. The van der Waals surface area contributed by atoms with Crippen molar-refractivity contribution in [2.24, 2.45) is 0 Å². The van der Waals surface area contributed by atoms with Gasteiger partial charge in [0.05, 0.1) is 13.2 Å². The minimum atomic E-state index is -0.0779. The monoisotopic (exact) mass is 294 g/mol. The molecule has 22 heavy (non-hydrogen) atoms. The summed E-state index contributed by atoms with van der Waals surface area (Å²) in [4.78, 5) is 18.2. The van der Waals surface area contributed by atoms with Crippen molar-refractivity contribution in [2.75, 3.05) is 19.7 Å². The quantitative estimate of drug-likeness (QED) is 0.817. The molecule has 3 rings (SSSR count). The zero-order chi connectivity index (χ0) is 15.2. The van der Waals surface area contributed by atoms with Gasteiger partial charge in [0.15, 0.2) is 0 Å². The number of carbonyl (C=O) groups is 1. The zero-order valence-corrected chi connectivity index (χ0v) is 12.3. The number of carbonyl (C=O) groups excluding carboxylic acids is 1. The fourth-order valence-corrected chi connectivity index (χ4v) is 2.47. The molecule has 0 spiro atoms. The van der Waals surface area contributed by atoms with Crippen LogP contribution in [0.25, 0.3) is 6.08 Å². The first-order valence-corrected chi connectivity index (χ1v) is 7.36. The molecule has 0 N–H and O–H groups in total. The van der Waals surface area contributed by atoms with E-state index in [2.05, 4.69) is 4.98 Å². The van der Waals surface area contributed by atoms with Crippen molar-refractivity contribution in [3.8, 4) is 0 Å². The van der Waals surface area contributed by atoms with Gasteiger partial charge in [0.1, 0.15) is 6.10 Å². The average Bonchev–Trinajstić information content (AvgIpc) is 2.61. The smallest absolute Gasteiger partial charge is 0.246 e. The van der Waals surface area contributed by atoms with Crippen molar-refractivity contribution in [3.63, 3.8) is 0 Å². The van der Waals surface area contributed by atoms with Crippen molar-refractivity contribution < 1.29 is 9.53 Å². The van der Waals surface area contributed by atoms with Crippen molar-refractivity contribution in [3.05, 3.63) is 72.1 Å². The maximum absolute atomic E-state index is 12.3. The Morgan fingerprint density at radius 3 is 2.73 bits per heavy atom. The normalized spacial score (nSPS) is 18.5. The van der Waals surface area contributed by atoms with Crippen LogP contribution in [-0.2, 0) is 9.53 Å². The molecule has 4 heteroatoms. The van der Waals surface area contributed by atoms with Gasteiger partial charge in [-0.25, -0.2) is 0 Å². The molecule has 1 aliphatic rings. The van der Waals surface area contributed by atoms with E-state index in [-0.39, 0.29) is 12.0 Å². The van der Waals surface area contributed by atoms with E-state index < -0.39 is 0 Å². The number of aromatic nitrogens is 1. The summed E-state index contributed by atoms with van der Waals surface area (Å²) >= 11 is 0. The second-order valence-electron chi connectivity index (χ2n) is 5.17. The lowest BCUT2D eigenvalue weighted by atomic mass is 10.1. The first-order chi connectivity index (χ1) is 10.8. The number of rotatable bonds is 3. The van der Waals surface area contributed by atoms with Crippen molar-refractivity contribution in [1.82, 2.24) is 9.88 Å². The summed E-state index contributed by atoms with van der Waals surface area (Å²) < 4.78 is 5.76. The Balaban J connectivity index is 1.64. The molecule has 4 nitrogen and oxygen atoms in total. The summed E-state index contributed by atoms with van der Waals surface area (Å²) in [7, 11) is 0. The fraction of sp³-hybridized carbons (Fsp3) is 0.222. The molecule has 1 aromatic carbocycles. The molecule has 1 atom stereocenters. The van der Waals surface area contributed by atoms with Crippen LogP contribution in [0.2, 0.25) is 0 Å². The summed E-state index contributed by atoms with van der Waals surface area (Å²) in [6.07, 6.45) is 6.89. The highest BCUT2D eigenvalue weighted by molar-refractivity contribution is 5.91. The average molecular weight is 294 g/mol. The van der Waals surface area contributed by atoms with Crippen LogP contribution < -0.4 is 0 Å². The third kappa shape index (κ3) is 3.59. The van der Waals surface area contributed by atoms with Gasteiger partial charge in [0.2, 0.25) is 5.91 Å². The van der Waals surface area contributed by atoms with Gasteiger partial charge in [0.25, 0.3) is 0 Å². The summed E-state index contributed by atoms with van der Waals surface area (Å²) in [5.74, 6) is 0.0196. The van der Waals surface area contributed by atoms with E-state index in [1.54, 1.807) is 18.5 Å².